The van der Waals surface area contributed by atoms with Gasteiger partial charge in [0.25, 0.3) is 5.91 Å². The highest BCUT2D eigenvalue weighted by Crippen LogP contribution is 2.12. The third-order valence-electron chi connectivity index (χ3n) is 3.14. The van der Waals surface area contributed by atoms with Crippen LogP contribution in [0.2, 0.25) is 0 Å². The second-order valence-electron chi connectivity index (χ2n) is 5.13. The molecule has 122 valence electrons. The van der Waals surface area contributed by atoms with Gasteiger partial charge in [-0.05, 0) is 36.8 Å². The van der Waals surface area contributed by atoms with E-state index in [9.17, 15) is 9.18 Å². The predicted molar refractivity (Wildman–Crippen MR) is 92.2 cm³/mol. The highest BCUT2D eigenvalue weighted by molar-refractivity contribution is 7.98. The zero-order valence-corrected chi connectivity index (χ0v) is 13.9. The van der Waals surface area contributed by atoms with Gasteiger partial charge < -0.3 is 10.1 Å². The van der Waals surface area contributed by atoms with Gasteiger partial charge in [-0.3, -0.25) is 4.79 Å². The van der Waals surface area contributed by atoms with E-state index in [1.807, 2.05) is 0 Å². The molecule has 0 radical (unpaired) electrons. The summed E-state index contributed by atoms with van der Waals surface area (Å²) in [5.74, 6) is 1.76. The van der Waals surface area contributed by atoms with Crippen molar-refractivity contribution in [2.24, 2.45) is 0 Å². The van der Waals surface area contributed by atoms with E-state index >= 15 is 0 Å². The zero-order valence-electron chi connectivity index (χ0n) is 13.0. The topological polar surface area (TPSA) is 38.3 Å². The fourth-order valence-corrected chi connectivity index (χ4v) is 2.69. The molecule has 0 heterocycles. The number of carbonyl (C=O) groups is 1. The maximum absolute atomic E-state index is 12.7. The van der Waals surface area contributed by atoms with Crippen LogP contribution in [0.3, 0.4) is 0 Å². The number of hydrogen-bond donors (Lipinski definition) is 1. The summed E-state index contributed by atoms with van der Waals surface area (Å²) in [5, 5.41) is 2.80. The van der Waals surface area contributed by atoms with Crippen molar-refractivity contribution < 1.29 is 13.9 Å². The molecule has 0 atom stereocenters. The third-order valence-corrected chi connectivity index (χ3v) is 4.17. The summed E-state index contributed by atoms with van der Waals surface area (Å²) in [6.07, 6.45) is 0. The summed E-state index contributed by atoms with van der Waals surface area (Å²) >= 11 is 1.77. The van der Waals surface area contributed by atoms with Crippen molar-refractivity contribution >= 4 is 17.7 Å². The van der Waals surface area contributed by atoms with Crippen LogP contribution in [0.15, 0.2) is 48.5 Å². The molecule has 3 nitrogen and oxygen atoms in total. The molecule has 5 heteroatoms. The van der Waals surface area contributed by atoms with Crippen molar-refractivity contribution in [3.63, 3.8) is 0 Å². The van der Waals surface area contributed by atoms with E-state index in [0.717, 1.165) is 11.5 Å². The van der Waals surface area contributed by atoms with E-state index in [-0.39, 0.29) is 18.3 Å². The Morgan fingerprint density at radius 3 is 2.52 bits per heavy atom. The van der Waals surface area contributed by atoms with Crippen LogP contribution in [-0.4, -0.2) is 24.8 Å². The van der Waals surface area contributed by atoms with Gasteiger partial charge in [0.1, 0.15) is 11.6 Å². The second-order valence-corrected chi connectivity index (χ2v) is 6.24. The van der Waals surface area contributed by atoms with Crippen LogP contribution in [0.5, 0.6) is 5.75 Å². The molecule has 1 amide bonds. The minimum atomic E-state index is -0.326. The van der Waals surface area contributed by atoms with Crippen molar-refractivity contribution in [1.82, 2.24) is 5.32 Å². The van der Waals surface area contributed by atoms with Gasteiger partial charge in [0.15, 0.2) is 6.61 Å². The molecule has 2 aromatic carbocycles. The number of nitrogens with one attached hydrogen (secondary N) is 1. The fraction of sp³-hybridized carbons (Fsp3) is 0.278. The lowest BCUT2D eigenvalue weighted by molar-refractivity contribution is -0.122. The minimum absolute atomic E-state index is 0.0612. The Kier molecular flexibility index (Phi) is 6.94. The first-order chi connectivity index (χ1) is 11.1. The second kappa shape index (κ2) is 9.20. The quantitative estimate of drug-likeness (QED) is 0.751. The summed E-state index contributed by atoms with van der Waals surface area (Å²) in [6.45, 7) is 2.61. The predicted octanol–water partition coefficient (Wildman–Crippen LogP) is 3.56. The molecule has 0 aliphatic heterocycles. The number of thioether (sulfide) groups is 1. The van der Waals surface area contributed by atoms with Gasteiger partial charge >= 0.3 is 0 Å². The highest BCUT2D eigenvalue weighted by atomic mass is 32.2. The summed E-state index contributed by atoms with van der Waals surface area (Å²) in [4.78, 5) is 11.6. The normalized spacial score (nSPS) is 10.3. The number of ether oxygens (including phenoxy) is 1. The molecule has 2 aromatic rings. The first-order valence-electron chi connectivity index (χ1n) is 7.42. The van der Waals surface area contributed by atoms with E-state index in [4.69, 9.17) is 4.74 Å². The van der Waals surface area contributed by atoms with Crippen molar-refractivity contribution in [2.75, 3.05) is 18.9 Å². The van der Waals surface area contributed by atoms with Gasteiger partial charge in [0.2, 0.25) is 0 Å². The van der Waals surface area contributed by atoms with Gasteiger partial charge in [0.05, 0.1) is 0 Å². The number of benzene rings is 2. The first kappa shape index (κ1) is 17.3. The van der Waals surface area contributed by atoms with Crippen molar-refractivity contribution in [3.05, 3.63) is 65.5 Å². The Morgan fingerprint density at radius 1 is 1.13 bits per heavy atom. The van der Waals surface area contributed by atoms with E-state index in [1.165, 1.54) is 35.4 Å². The van der Waals surface area contributed by atoms with E-state index in [0.29, 0.717) is 12.3 Å². The molecule has 0 spiro atoms. The number of halogens is 1. The summed E-state index contributed by atoms with van der Waals surface area (Å²) in [5.41, 5.74) is 2.54. The summed E-state index contributed by atoms with van der Waals surface area (Å²) < 4.78 is 18.0. The van der Waals surface area contributed by atoms with Crippen LogP contribution in [0, 0.1) is 12.7 Å². The molecule has 0 saturated carbocycles. The Labute approximate surface area is 140 Å². The average Bonchev–Trinajstić information content (AvgIpc) is 2.56. The average molecular weight is 333 g/mol. The Bertz CT molecular complexity index is 614. The van der Waals surface area contributed by atoms with Crippen LogP contribution in [0.1, 0.15) is 11.1 Å². The number of carbonyl (C=O) groups excluding carboxylic acids is 1. The van der Waals surface area contributed by atoms with Gasteiger partial charge in [0, 0.05) is 18.1 Å². The largest absolute Gasteiger partial charge is 0.484 e. The SMILES string of the molecule is Cc1ccc(CSCCNC(=O)COc2ccc(F)cc2)cc1. The van der Waals surface area contributed by atoms with Crippen LogP contribution < -0.4 is 10.1 Å². The summed E-state index contributed by atoms with van der Waals surface area (Å²) in [7, 11) is 0. The third kappa shape index (κ3) is 6.74. The first-order valence-corrected chi connectivity index (χ1v) is 8.57. The molecular formula is C18H20FNO2S. The molecule has 0 aliphatic carbocycles. The maximum atomic E-state index is 12.7. The number of rotatable bonds is 8. The van der Waals surface area contributed by atoms with Crippen LogP contribution in [0.25, 0.3) is 0 Å². The Balaban J connectivity index is 1.56. The minimum Gasteiger partial charge on any atom is -0.484 e. The van der Waals surface area contributed by atoms with Crippen molar-refractivity contribution in [1.29, 1.82) is 0 Å². The van der Waals surface area contributed by atoms with Crippen LogP contribution in [-0.2, 0) is 10.5 Å². The van der Waals surface area contributed by atoms with Gasteiger partial charge in [-0.15, -0.1) is 0 Å². The number of amides is 1. The van der Waals surface area contributed by atoms with Crippen molar-refractivity contribution in [3.8, 4) is 5.75 Å². The fourth-order valence-electron chi connectivity index (χ4n) is 1.87. The Hall–Kier alpha value is -2.01. The van der Waals surface area contributed by atoms with E-state index in [2.05, 4.69) is 36.5 Å². The maximum Gasteiger partial charge on any atom is 0.257 e. The van der Waals surface area contributed by atoms with Crippen LogP contribution >= 0.6 is 11.8 Å². The lowest BCUT2D eigenvalue weighted by Crippen LogP contribution is -2.30. The van der Waals surface area contributed by atoms with E-state index in [1.54, 1.807) is 11.8 Å². The summed E-state index contributed by atoms with van der Waals surface area (Å²) in [6, 6.07) is 14.0. The molecule has 23 heavy (non-hydrogen) atoms. The van der Waals surface area contributed by atoms with Gasteiger partial charge in [-0.1, -0.05) is 29.8 Å². The van der Waals surface area contributed by atoms with E-state index < -0.39 is 0 Å². The molecule has 0 aromatic heterocycles. The smallest absolute Gasteiger partial charge is 0.257 e. The van der Waals surface area contributed by atoms with Crippen molar-refractivity contribution in [2.45, 2.75) is 12.7 Å². The molecule has 2 rings (SSSR count). The number of aryl methyl sites for hydroxylation is 1. The molecule has 0 aliphatic rings. The lowest BCUT2D eigenvalue weighted by atomic mass is 10.2. The van der Waals surface area contributed by atoms with Gasteiger partial charge in [-0.25, -0.2) is 4.39 Å². The molecular weight excluding hydrogens is 313 g/mol. The molecule has 0 bridgehead atoms. The molecule has 0 saturated heterocycles. The lowest BCUT2D eigenvalue weighted by Gasteiger charge is -2.07. The molecule has 0 unspecified atom stereocenters. The highest BCUT2D eigenvalue weighted by Gasteiger charge is 2.02. The molecule has 1 N–H and O–H groups in total. The van der Waals surface area contributed by atoms with Gasteiger partial charge in [-0.2, -0.15) is 11.8 Å². The van der Waals surface area contributed by atoms with Crippen LogP contribution in [0.4, 0.5) is 4.39 Å². The standard InChI is InChI=1S/C18H20FNO2S/c1-14-2-4-15(5-3-14)13-23-11-10-20-18(21)12-22-17-8-6-16(19)7-9-17/h2-9H,10-13H2,1H3,(H,20,21). The number of hydrogen-bond acceptors (Lipinski definition) is 3. The monoisotopic (exact) mass is 333 g/mol. The zero-order chi connectivity index (χ0) is 16.5. The molecule has 0 fully saturated rings. The Morgan fingerprint density at radius 2 is 1.83 bits per heavy atom.